The molecule has 1 aromatic heterocycles. The Kier molecular flexibility index (Phi) is 9.10. The lowest BCUT2D eigenvalue weighted by atomic mass is 9.84. The predicted molar refractivity (Wildman–Crippen MR) is 125 cm³/mol. The highest BCUT2D eigenvalue weighted by atomic mass is 19.4. The van der Waals surface area contributed by atoms with Crippen molar-refractivity contribution in [2.75, 3.05) is 6.61 Å². The van der Waals surface area contributed by atoms with Gasteiger partial charge >= 0.3 is 18.4 Å². The van der Waals surface area contributed by atoms with Crippen LogP contribution in [0.3, 0.4) is 0 Å². The zero-order valence-corrected chi connectivity index (χ0v) is 20.6. The first-order valence-corrected chi connectivity index (χ1v) is 11.9. The summed E-state index contributed by atoms with van der Waals surface area (Å²) in [6, 6.07) is 5.20. The fourth-order valence-corrected chi connectivity index (χ4v) is 4.30. The van der Waals surface area contributed by atoms with E-state index in [1.807, 2.05) is 0 Å². The van der Waals surface area contributed by atoms with Crippen LogP contribution in [0.4, 0.5) is 36.8 Å². The van der Waals surface area contributed by atoms with Crippen LogP contribution in [0.5, 0.6) is 0 Å². The SMILES string of the molecule is CCOC(=O)NC1CCC(CC(=Nc2ccccc2C(F)(F)F)NC(=O)c2cc(C)oc2C(F)(F)F)CC1. The standard InChI is InChI=1S/C25H27F6N3O4/c1-3-37-23(36)32-16-10-8-15(9-11-16)13-20(33-19-7-5-4-6-18(19)24(26,27)28)34-22(35)17-12-14(2)38-21(17)25(29,30)31/h4-7,12,15-16H,3,8-11,13H2,1-2H3,(H,32,36)(H,33,34,35). The molecule has 1 fully saturated rings. The molecule has 1 aliphatic rings. The van der Waals surface area contributed by atoms with Gasteiger partial charge in [-0.15, -0.1) is 0 Å². The highest BCUT2D eigenvalue weighted by Gasteiger charge is 2.40. The van der Waals surface area contributed by atoms with Crippen molar-refractivity contribution in [2.24, 2.45) is 10.9 Å². The number of aliphatic imine (C=N–C) groups is 1. The lowest BCUT2D eigenvalue weighted by Gasteiger charge is -2.29. The number of halogens is 6. The van der Waals surface area contributed by atoms with Gasteiger partial charge in [0.05, 0.1) is 23.4 Å². The summed E-state index contributed by atoms with van der Waals surface area (Å²) in [5.74, 6) is -3.22. The van der Waals surface area contributed by atoms with E-state index in [-0.39, 0.29) is 36.6 Å². The molecule has 7 nitrogen and oxygen atoms in total. The zero-order valence-electron chi connectivity index (χ0n) is 20.6. The molecule has 0 atom stereocenters. The number of aryl methyl sites for hydroxylation is 1. The molecule has 13 heteroatoms. The molecule has 2 aromatic rings. The molecule has 0 radical (unpaired) electrons. The average molecular weight is 547 g/mol. The minimum atomic E-state index is -4.95. The number of alkyl carbamates (subject to hydrolysis) is 1. The summed E-state index contributed by atoms with van der Waals surface area (Å²) >= 11 is 0. The molecule has 2 N–H and O–H groups in total. The molecule has 2 amide bonds. The Balaban J connectivity index is 1.85. The van der Waals surface area contributed by atoms with Gasteiger partial charge in [0.1, 0.15) is 11.6 Å². The number of hydrogen-bond donors (Lipinski definition) is 2. The maximum absolute atomic E-state index is 13.5. The fourth-order valence-electron chi connectivity index (χ4n) is 4.30. The van der Waals surface area contributed by atoms with Gasteiger partial charge in [0, 0.05) is 12.5 Å². The number of amides is 2. The third kappa shape index (κ3) is 7.75. The highest BCUT2D eigenvalue weighted by molar-refractivity contribution is 6.07. The van der Waals surface area contributed by atoms with Gasteiger partial charge in [-0.3, -0.25) is 4.79 Å². The van der Waals surface area contributed by atoms with Gasteiger partial charge < -0.3 is 19.8 Å². The number of rotatable bonds is 6. The summed E-state index contributed by atoms with van der Waals surface area (Å²) in [6.45, 7) is 3.13. The maximum Gasteiger partial charge on any atom is 0.450 e. The number of ether oxygens (including phenoxy) is 1. The number of carbonyl (C=O) groups is 2. The molecule has 0 spiro atoms. The molecular formula is C25H27F6N3O4. The third-order valence-corrected chi connectivity index (χ3v) is 6.01. The first-order valence-electron chi connectivity index (χ1n) is 11.9. The minimum Gasteiger partial charge on any atom is -0.456 e. The molecule has 1 aromatic carbocycles. The van der Waals surface area contributed by atoms with Gasteiger partial charge in [0.25, 0.3) is 5.91 Å². The Hall–Kier alpha value is -3.51. The number of para-hydroxylation sites is 1. The lowest BCUT2D eigenvalue weighted by Crippen LogP contribution is -2.39. The largest absolute Gasteiger partial charge is 0.456 e. The number of carbonyl (C=O) groups excluding carboxylic acids is 2. The highest BCUT2D eigenvalue weighted by Crippen LogP contribution is 2.37. The Morgan fingerprint density at radius 3 is 2.32 bits per heavy atom. The number of benzene rings is 1. The molecule has 3 rings (SSSR count). The number of nitrogens with one attached hydrogen (secondary N) is 2. The number of furan rings is 1. The van der Waals surface area contributed by atoms with Crippen molar-refractivity contribution >= 4 is 23.5 Å². The Labute approximate surface area is 214 Å². The van der Waals surface area contributed by atoms with Crippen LogP contribution in [0.2, 0.25) is 0 Å². The smallest absolute Gasteiger partial charge is 0.450 e. The fraction of sp³-hybridized carbons (Fsp3) is 0.480. The van der Waals surface area contributed by atoms with Crippen molar-refractivity contribution in [1.82, 2.24) is 10.6 Å². The molecule has 0 aliphatic heterocycles. The molecule has 208 valence electrons. The molecule has 1 aliphatic carbocycles. The number of nitrogens with zero attached hydrogens (tertiary/aromatic N) is 1. The maximum atomic E-state index is 13.5. The quantitative estimate of drug-likeness (QED) is 0.237. The first kappa shape index (κ1) is 29.1. The molecular weight excluding hydrogens is 520 g/mol. The summed E-state index contributed by atoms with van der Waals surface area (Å²) in [6.07, 6.45) is -8.08. The molecule has 0 unspecified atom stereocenters. The van der Waals surface area contributed by atoms with Crippen molar-refractivity contribution in [3.8, 4) is 0 Å². The van der Waals surface area contributed by atoms with Gasteiger partial charge in [-0.25, -0.2) is 9.79 Å². The summed E-state index contributed by atoms with van der Waals surface area (Å²) in [7, 11) is 0. The summed E-state index contributed by atoms with van der Waals surface area (Å²) in [5, 5.41) is 5.02. The predicted octanol–water partition coefficient (Wildman–Crippen LogP) is 6.78. The van der Waals surface area contributed by atoms with Crippen LogP contribution in [0.15, 0.2) is 39.7 Å². The molecule has 1 heterocycles. The van der Waals surface area contributed by atoms with Crippen LogP contribution in [0.25, 0.3) is 0 Å². The van der Waals surface area contributed by atoms with E-state index in [0.717, 1.165) is 18.2 Å². The third-order valence-electron chi connectivity index (χ3n) is 6.01. The van der Waals surface area contributed by atoms with Crippen LogP contribution >= 0.6 is 0 Å². The molecule has 0 bridgehead atoms. The van der Waals surface area contributed by atoms with E-state index in [2.05, 4.69) is 20.0 Å². The van der Waals surface area contributed by atoms with E-state index < -0.39 is 46.9 Å². The van der Waals surface area contributed by atoms with E-state index >= 15 is 0 Å². The number of alkyl halides is 6. The normalized spacial score (nSPS) is 18.7. The Morgan fingerprint density at radius 2 is 1.71 bits per heavy atom. The summed E-state index contributed by atoms with van der Waals surface area (Å²) < 4.78 is 90.2. The van der Waals surface area contributed by atoms with E-state index in [0.29, 0.717) is 25.7 Å². The monoisotopic (exact) mass is 547 g/mol. The molecule has 0 saturated heterocycles. The van der Waals surface area contributed by atoms with Crippen molar-refractivity contribution in [1.29, 1.82) is 0 Å². The van der Waals surface area contributed by atoms with Crippen LogP contribution in [0, 0.1) is 12.8 Å². The van der Waals surface area contributed by atoms with E-state index in [9.17, 15) is 35.9 Å². The summed E-state index contributed by atoms with van der Waals surface area (Å²) in [4.78, 5) is 28.5. The molecule has 38 heavy (non-hydrogen) atoms. The van der Waals surface area contributed by atoms with Gasteiger partial charge in [0.2, 0.25) is 5.76 Å². The van der Waals surface area contributed by atoms with Crippen molar-refractivity contribution in [2.45, 2.75) is 64.3 Å². The topological polar surface area (TPSA) is 92.9 Å². The lowest BCUT2D eigenvalue weighted by molar-refractivity contribution is -0.153. The number of amidine groups is 1. The van der Waals surface area contributed by atoms with E-state index in [4.69, 9.17) is 4.74 Å². The molecule has 1 saturated carbocycles. The van der Waals surface area contributed by atoms with Crippen LogP contribution in [-0.2, 0) is 17.1 Å². The van der Waals surface area contributed by atoms with Gasteiger partial charge in [0.15, 0.2) is 0 Å². The van der Waals surface area contributed by atoms with Gasteiger partial charge in [-0.2, -0.15) is 26.3 Å². The first-order chi connectivity index (χ1) is 17.8. The second-order valence-corrected chi connectivity index (χ2v) is 8.91. The second kappa shape index (κ2) is 11.9. The van der Waals surface area contributed by atoms with E-state index in [1.54, 1.807) is 6.92 Å². The van der Waals surface area contributed by atoms with E-state index in [1.165, 1.54) is 19.1 Å². The Morgan fingerprint density at radius 1 is 1.05 bits per heavy atom. The van der Waals surface area contributed by atoms with Crippen molar-refractivity contribution in [3.05, 3.63) is 53.0 Å². The van der Waals surface area contributed by atoms with Gasteiger partial charge in [-0.1, -0.05) is 12.1 Å². The van der Waals surface area contributed by atoms with Crippen molar-refractivity contribution in [3.63, 3.8) is 0 Å². The van der Waals surface area contributed by atoms with Crippen LogP contribution in [0.1, 0.15) is 66.5 Å². The number of hydrogen-bond acceptors (Lipinski definition) is 5. The van der Waals surface area contributed by atoms with Crippen LogP contribution in [-0.4, -0.2) is 30.5 Å². The zero-order chi connectivity index (χ0) is 28.1. The average Bonchev–Trinajstić information content (AvgIpc) is 3.23. The summed E-state index contributed by atoms with van der Waals surface area (Å²) in [5.41, 5.74) is -2.33. The van der Waals surface area contributed by atoms with Crippen LogP contribution < -0.4 is 10.6 Å². The van der Waals surface area contributed by atoms with Crippen molar-refractivity contribution < 1.29 is 45.1 Å². The van der Waals surface area contributed by atoms with Gasteiger partial charge in [-0.05, 0) is 63.6 Å². The minimum absolute atomic E-state index is 0.00222. The Bertz CT molecular complexity index is 1160. The second-order valence-electron chi connectivity index (χ2n) is 8.91.